The zero-order valence-corrected chi connectivity index (χ0v) is 23.0. The molecule has 0 unspecified atom stereocenters. The number of hydrogen-bond acceptors (Lipinski definition) is 9. The Balaban J connectivity index is 1.59. The Morgan fingerprint density at radius 1 is 1.05 bits per heavy atom. The number of ether oxygens (including phenoxy) is 3. The number of rotatable bonds is 10. The van der Waals surface area contributed by atoms with E-state index in [1.54, 1.807) is 12.1 Å². The minimum absolute atomic E-state index is 0.0596. The first-order valence-corrected chi connectivity index (χ1v) is 14.3. The van der Waals surface area contributed by atoms with Crippen molar-refractivity contribution in [3.63, 3.8) is 0 Å². The molecule has 0 saturated heterocycles. The summed E-state index contributed by atoms with van der Waals surface area (Å²) in [6.45, 7) is 10.5. The summed E-state index contributed by atoms with van der Waals surface area (Å²) in [4.78, 5) is 13.1. The molecule has 2 heterocycles. The van der Waals surface area contributed by atoms with E-state index in [0.717, 1.165) is 22.5 Å². The number of fused-ring (bicyclic) bond motifs is 1. The lowest BCUT2D eigenvalue weighted by Gasteiger charge is -2.22. The van der Waals surface area contributed by atoms with Crippen LogP contribution < -0.4 is 23.8 Å². The van der Waals surface area contributed by atoms with Gasteiger partial charge < -0.3 is 14.2 Å². The Morgan fingerprint density at radius 2 is 1.70 bits per heavy atom. The van der Waals surface area contributed by atoms with E-state index in [4.69, 9.17) is 14.2 Å². The van der Waals surface area contributed by atoms with Gasteiger partial charge in [0.15, 0.2) is 11.5 Å². The van der Waals surface area contributed by atoms with Gasteiger partial charge in [0.05, 0.1) is 25.5 Å². The Bertz CT molecular complexity index is 1380. The van der Waals surface area contributed by atoms with E-state index < -0.39 is 15.9 Å². The van der Waals surface area contributed by atoms with Crippen molar-refractivity contribution in [1.29, 1.82) is 0 Å². The molecule has 1 aliphatic heterocycles. The van der Waals surface area contributed by atoms with Crippen LogP contribution in [0.5, 0.6) is 17.2 Å². The second-order valence-electron chi connectivity index (χ2n) is 8.41. The fourth-order valence-electron chi connectivity index (χ4n) is 4.24. The van der Waals surface area contributed by atoms with Gasteiger partial charge in [0.25, 0.3) is 20.3 Å². The molecular formula is C25H30N4O6S2. The highest BCUT2D eigenvalue weighted by Crippen LogP contribution is 2.40. The lowest BCUT2D eigenvalue weighted by Crippen LogP contribution is -2.35. The summed E-state index contributed by atoms with van der Waals surface area (Å²) < 4.78 is 45.2. The Labute approximate surface area is 220 Å². The van der Waals surface area contributed by atoms with Crippen molar-refractivity contribution in [3.05, 3.63) is 47.0 Å². The molecular weight excluding hydrogens is 516 g/mol. The number of aryl methyl sites for hydroxylation is 1. The highest BCUT2D eigenvalue weighted by Gasteiger charge is 2.38. The Hall–Kier alpha value is -3.38. The van der Waals surface area contributed by atoms with Gasteiger partial charge in [-0.25, -0.2) is 0 Å². The third-order valence-corrected chi connectivity index (χ3v) is 8.78. The van der Waals surface area contributed by atoms with E-state index in [0.29, 0.717) is 49.2 Å². The summed E-state index contributed by atoms with van der Waals surface area (Å²) in [5.41, 5.74) is 2.92. The normalized spacial score (nSPS) is 14.8. The van der Waals surface area contributed by atoms with E-state index in [9.17, 15) is 13.2 Å². The lowest BCUT2D eigenvalue weighted by molar-refractivity contribution is 0.102. The number of anilines is 2. The number of hydrogen-bond donors (Lipinski definition) is 1. The van der Waals surface area contributed by atoms with E-state index in [1.807, 2.05) is 52.8 Å². The number of nitrogens with one attached hydrogen (secondary N) is 1. The van der Waals surface area contributed by atoms with Gasteiger partial charge in [-0.15, -0.1) is 10.2 Å². The molecule has 12 heteroatoms. The van der Waals surface area contributed by atoms with Gasteiger partial charge in [-0.1, -0.05) is 29.0 Å². The first-order valence-electron chi connectivity index (χ1n) is 12.0. The SMILES string of the molecule is CCOc1cc(C(=O)Nc2nnc(S(=O)(=O)N3c4ccc(C)cc4C[C@@H]3C)s2)cc(OCC)c1OCC. The van der Waals surface area contributed by atoms with Crippen LogP contribution in [0.1, 0.15) is 49.2 Å². The third-order valence-electron chi connectivity index (χ3n) is 5.67. The van der Waals surface area contributed by atoms with Crippen molar-refractivity contribution >= 4 is 38.1 Å². The van der Waals surface area contributed by atoms with Crippen LogP contribution in [0.3, 0.4) is 0 Å². The van der Waals surface area contributed by atoms with Crippen molar-refractivity contribution in [1.82, 2.24) is 10.2 Å². The molecule has 37 heavy (non-hydrogen) atoms. The van der Waals surface area contributed by atoms with Crippen molar-refractivity contribution < 1.29 is 27.4 Å². The van der Waals surface area contributed by atoms with E-state index in [-0.39, 0.29) is 21.1 Å². The maximum atomic E-state index is 13.5. The third kappa shape index (κ3) is 5.35. The Morgan fingerprint density at radius 3 is 2.32 bits per heavy atom. The molecule has 1 atom stereocenters. The molecule has 198 valence electrons. The van der Waals surface area contributed by atoms with Crippen LogP contribution >= 0.6 is 11.3 Å². The number of benzene rings is 2. The molecule has 10 nitrogen and oxygen atoms in total. The van der Waals surface area contributed by atoms with Crippen LogP contribution in [0, 0.1) is 6.92 Å². The highest BCUT2D eigenvalue weighted by molar-refractivity contribution is 7.94. The topological polar surface area (TPSA) is 120 Å². The number of carbonyl (C=O) groups is 1. The molecule has 0 spiro atoms. The fraction of sp³-hybridized carbons (Fsp3) is 0.400. The second-order valence-corrected chi connectivity index (χ2v) is 11.4. The lowest BCUT2D eigenvalue weighted by atomic mass is 10.1. The zero-order chi connectivity index (χ0) is 26.7. The quantitative estimate of drug-likeness (QED) is 0.371. The number of aromatic nitrogens is 2. The van der Waals surface area contributed by atoms with Crippen LogP contribution in [0.25, 0.3) is 0 Å². The summed E-state index contributed by atoms with van der Waals surface area (Å²) >= 11 is 0.799. The van der Waals surface area contributed by atoms with Crippen molar-refractivity contribution in [2.45, 2.75) is 51.4 Å². The fourth-order valence-corrected chi connectivity index (χ4v) is 6.90. The van der Waals surface area contributed by atoms with Crippen LogP contribution in [0.2, 0.25) is 0 Å². The van der Waals surface area contributed by atoms with Gasteiger partial charge in [-0.3, -0.25) is 14.4 Å². The van der Waals surface area contributed by atoms with Gasteiger partial charge in [0.2, 0.25) is 10.9 Å². The summed E-state index contributed by atoms with van der Waals surface area (Å²) in [6, 6.07) is 8.53. The number of carbonyl (C=O) groups excluding carboxylic acids is 1. The molecule has 1 aromatic heterocycles. The van der Waals surface area contributed by atoms with Gasteiger partial charge in [0.1, 0.15) is 0 Å². The van der Waals surface area contributed by atoms with Crippen molar-refractivity contribution in [3.8, 4) is 17.2 Å². The summed E-state index contributed by atoms with van der Waals surface area (Å²) in [5, 5.41) is 10.5. The van der Waals surface area contributed by atoms with Gasteiger partial charge in [-0.2, -0.15) is 8.42 Å². The number of sulfonamides is 1. The predicted molar refractivity (Wildman–Crippen MR) is 142 cm³/mol. The molecule has 0 aliphatic carbocycles. The summed E-state index contributed by atoms with van der Waals surface area (Å²) in [5.74, 6) is 0.651. The largest absolute Gasteiger partial charge is 0.490 e. The second kappa shape index (κ2) is 10.9. The first-order chi connectivity index (χ1) is 17.7. The van der Waals surface area contributed by atoms with Crippen LogP contribution in [-0.4, -0.2) is 50.4 Å². The molecule has 0 fully saturated rings. The maximum absolute atomic E-state index is 13.5. The minimum Gasteiger partial charge on any atom is -0.490 e. The molecule has 1 aliphatic rings. The Kier molecular flexibility index (Phi) is 7.88. The molecule has 1 amide bonds. The zero-order valence-electron chi connectivity index (χ0n) is 21.4. The van der Waals surface area contributed by atoms with E-state index in [1.165, 1.54) is 4.31 Å². The highest BCUT2D eigenvalue weighted by atomic mass is 32.2. The first kappa shape index (κ1) is 26.7. The molecule has 0 radical (unpaired) electrons. The van der Waals surface area contributed by atoms with Crippen molar-refractivity contribution in [2.75, 3.05) is 29.4 Å². The van der Waals surface area contributed by atoms with Crippen LogP contribution in [0.15, 0.2) is 34.7 Å². The standard InChI is InChI=1S/C25H30N4O6S2/c1-6-33-20-13-18(14-21(34-7-2)22(20)35-8-3)23(30)26-24-27-28-25(36-24)37(31,32)29-16(5)12-17-11-15(4)9-10-19(17)29/h9-11,13-14,16H,6-8,12H2,1-5H3,(H,26,27,30)/t16-/m0/s1. The molecule has 0 saturated carbocycles. The van der Waals surface area contributed by atoms with E-state index >= 15 is 0 Å². The monoisotopic (exact) mass is 546 g/mol. The van der Waals surface area contributed by atoms with Gasteiger partial charge in [0, 0.05) is 11.6 Å². The smallest absolute Gasteiger partial charge is 0.293 e. The van der Waals surface area contributed by atoms with E-state index in [2.05, 4.69) is 15.5 Å². The molecule has 3 aromatic rings. The maximum Gasteiger partial charge on any atom is 0.293 e. The summed E-state index contributed by atoms with van der Waals surface area (Å²) in [6.07, 6.45) is 0.612. The van der Waals surface area contributed by atoms with Gasteiger partial charge in [-0.05, 0) is 64.8 Å². The molecule has 4 rings (SSSR count). The number of nitrogens with zero attached hydrogens (tertiary/aromatic N) is 3. The molecule has 0 bridgehead atoms. The summed E-state index contributed by atoms with van der Waals surface area (Å²) in [7, 11) is -3.96. The van der Waals surface area contributed by atoms with Crippen LogP contribution in [0.4, 0.5) is 10.8 Å². The average Bonchev–Trinajstić information content (AvgIpc) is 3.45. The predicted octanol–water partition coefficient (Wildman–Crippen LogP) is 4.43. The number of amides is 1. The van der Waals surface area contributed by atoms with Crippen LogP contribution in [-0.2, 0) is 16.4 Å². The molecule has 1 N–H and O–H groups in total. The average molecular weight is 547 g/mol. The minimum atomic E-state index is -3.96. The molecule has 2 aromatic carbocycles. The van der Waals surface area contributed by atoms with Crippen molar-refractivity contribution in [2.24, 2.45) is 0 Å². The van der Waals surface area contributed by atoms with Gasteiger partial charge >= 0.3 is 0 Å².